The third kappa shape index (κ3) is 25.2. The molecule has 0 amide bonds. The first-order chi connectivity index (χ1) is 18.8. The molecule has 0 atom stereocenters. The number of benzene rings is 1. The predicted molar refractivity (Wildman–Crippen MR) is 148 cm³/mol. The largest absolute Gasteiger partial charge is 0.491 e. The fourth-order valence-electron chi connectivity index (χ4n) is 2.70. The molecule has 2 N–H and O–H groups in total. The molecule has 0 spiro atoms. The molecule has 0 aliphatic rings. The highest BCUT2D eigenvalue weighted by atomic mass is 79.9. The molecule has 38 heavy (non-hydrogen) atoms. The summed E-state index contributed by atoms with van der Waals surface area (Å²) in [5.74, 6) is 0.775. The van der Waals surface area contributed by atoms with Crippen molar-refractivity contribution in [1.29, 1.82) is 0 Å². The molecule has 0 fully saturated rings. The molecule has 1 aromatic carbocycles. The van der Waals surface area contributed by atoms with Crippen LogP contribution in [0.15, 0.2) is 24.3 Å². The number of rotatable bonds is 30. The molecule has 0 saturated carbocycles. The molecule has 0 aromatic heterocycles. The molecular weight excluding hydrogens is 566 g/mol. The third-order valence-corrected chi connectivity index (χ3v) is 4.90. The van der Waals surface area contributed by atoms with Crippen LogP contribution in [0.4, 0.5) is 5.69 Å². The van der Waals surface area contributed by atoms with Crippen LogP contribution in [0.3, 0.4) is 0 Å². The van der Waals surface area contributed by atoms with Gasteiger partial charge in [0.25, 0.3) is 0 Å². The zero-order valence-corrected chi connectivity index (χ0v) is 24.1. The lowest BCUT2D eigenvalue weighted by Gasteiger charge is -2.09. The van der Waals surface area contributed by atoms with Crippen molar-refractivity contribution in [2.45, 2.75) is 0 Å². The van der Waals surface area contributed by atoms with Gasteiger partial charge in [0.1, 0.15) is 12.4 Å². The quantitative estimate of drug-likeness (QED) is 0.0783. The number of hydrogen-bond acceptors (Lipinski definition) is 11. The van der Waals surface area contributed by atoms with Gasteiger partial charge in [-0.05, 0) is 24.3 Å². The van der Waals surface area contributed by atoms with Crippen LogP contribution in [0.1, 0.15) is 0 Å². The molecule has 222 valence electrons. The van der Waals surface area contributed by atoms with Crippen molar-refractivity contribution >= 4 is 21.6 Å². The van der Waals surface area contributed by atoms with Gasteiger partial charge in [0.15, 0.2) is 0 Å². The van der Waals surface area contributed by atoms with Crippen molar-refractivity contribution in [3.05, 3.63) is 24.3 Å². The lowest BCUT2D eigenvalue weighted by Crippen LogP contribution is -2.15. The molecule has 0 radical (unpaired) electrons. The first-order valence-corrected chi connectivity index (χ1v) is 14.2. The third-order valence-electron chi connectivity index (χ3n) is 4.57. The van der Waals surface area contributed by atoms with Gasteiger partial charge in [-0.15, -0.1) is 0 Å². The van der Waals surface area contributed by atoms with Crippen molar-refractivity contribution in [3.63, 3.8) is 0 Å². The number of alkyl halides is 1. The van der Waals surface area contributed by atoms with E-state index >= 15 is 0 Å². The van der Waals surface area contributed by atoms with Gasteiger partial charge in [0.2, 0.25) is 0 Å². The summed E-state index contributed by atoms with van der Waals surface area (Å²) in [7, 11) is 0. The Bertz CT molecular complexity index is 600. The molecule has 0 heterocycles. The van der Waals surface area contributed by atoms with E-state index in [1.54, 1.807) is 12.1 Å². The number of halogens is 1. The van der Waals surface area contributed by atoms with Gasteiger partial charge < -0.3 is 53.1 Å². The van der Waals surface area contributed by atoms with Crippen molar-refractivity contribution < 1.29 is 47.4 Å². The highest BCUT2D eigenvalue weighted by Crippen LogP contribution is 2.12. The minimum absolute atomic E-state index is 0.480. The van der Waals surface area contributed by atoms with Crippen molar-refractivity contribution in [1.82, 2.24) is 0 Å². The van der Waals surface area contributed by atoms with Gasteiger partial charge in [-0.25, -0.2) is 0 Å². The Hall–Kier alpha value is -1.06. The standard InChI is InChI=1S/C26H46BrNO10/c27-5-6-29-7-8-30-9-10-31-11-12-32-13-14-33-15-16-34-17-18-35-19-20-36-21-22-37-23-24-38-26-3-1-25(28)2-4-26/h1-4H,5-24,28H2. The first-order valence-electron chi connectivity index (χ1n) is 13.1. The summed E-state index contributed by atoms with van der Waals surface area (Å²) in [6.07, 6.45) is 0. The SMILES string of the molecule is Nc1ccc(OCCOCCOCCOCCOCCOCCOCCOCCOCCOCCBr)cc1. The van der Waals surface area contributed by atoms with E-state index in [1.165, 1.54) is 0 Å². The Labute approximate surface area is 235 Å². The number of nitrogens with two attached hydrogens (primary N) is 1. The van der Waals surface area contributed by atoms with Crippen LogP contribution >= 0.6 is 15.9 Å². The second-order valence-electron chi connectivity index (χ2n) is 7.62. The van der Waals surface area contributed by atoms with E-state index in [9.17, 15) is 0 Å². The zero-order valence-electron chi connectivity index (χ0n) is 22.5. The van der Waals surface area contributed by atoms with E-state index in [0.717, 1.165) is 11.1 Å². The van der Waals surface area contributed by atoms with Gasteiger partial charge in [-0.2, -0.15) is 0 Å². The van der Waals surface area contributed by atoms with Crippen LogP contribution in [-0.2, 0) is 42.6 Å². The van der Waals surface area contributed by atoms with Crippen molar-refractivity contribution in [2.24, 2.45) is 0 Å². The van der Waals surface area contributed by atoms with Crippen LogP contribution in [0.5, 0.6) is 5.75 Å². The number of anilines is 1. The van der Waals surface area contributed by atoms with E-state index in [1.807, 2.05) is 12.1 Å². The lowest BCUT2D eigenvalue weighted by molar-refractivity contribution is -0.0251. The van der Waals surface area contributed by atoms with Crippen LogP contribution in [-0.4, -0.2) is 131 Å². The summed E-state index contributed by atoms with van der Waals surface area (Å²) in [5, 5.41) is 0.839. The molecular formula is C26H46BrNO10. The van der Waals surface area contributed by atoms with Gasteiger partial charge >= 0.3 is 0 Å². The van der Waals surface area contributed by atoms with Gasteiger partial charge in [0.05, 0.1) is 119 Å². The Kier molecular flexibility index (Phi) is 26.6. The summed E-state index contributed by atoms with van der Waals surface area (Å²) < 4.78 is 54.4. The molecule has 0 saturated heterocycles. The van der Waals surface area contributed by atoms with E-state index in [4.69, 9.17) is 53.1 Å². The monoisotopic (exact) mass is 611 g/mol. The smallest absolute Gasteiger partial charge is 0.119 e. The Morgan fingerprint density at radius 3 is 0.947 bits per heavy atom. The van der Waals surface area contributed by atoms with Crippen LogP contribution in [0.2, 0.25) is 0 Å². The molecule has 0 unspecified atom stereocenters. The summed E-state index contributed by atoms with van der Waals surface area (Å²) in [4.78, 5) is 0. The molecule has 0 aliphatic carbocycles. The van der Waals surface area contributed by atoms with Gasteiger partial charge in [0, 0.05) is 11.0 Å². The minimum atomic E-state index is 0.480. The highest BCUT2D eigenvalue weighted by Gasteiger charge is 1.96. The topological polar surface area (TPSA) is 118 Å². The van der Waals surface area contributed by atoms with Crippen LogP contribution in [0.25, 0.3) is 0 Å². The highest BCUT2D eigenvalue weighted by molar-refractivity contribution is 9.09. The molecule has 1 rings (SSSR count). The van der Waals surface area contributed by atoms with Crippen molar-refractivity contribution in [3.8, 4) is 5.75 Å². The Morgan fingerprint density at radius 1 is 0.395 bits per heavy atom. The van der Waals surface area contributed by atoms with E-state index < -0.39 is 0 Å². The molecule has 12 heteroatoms. The Morgan fingerprint density at radius 2 is 0.658 bits per heavy atom. The normalized spacial score (nSPS) is 11.3. The van der Waals surface area contributed by atoms with Gasteiger partial charge in [-0.3, -0.25) is 0 Å². The second-order valence-corrected chi connectivity index (χ2v) is 8.41. The lowest BCUT2D eigenvalue weighted by atomic mass is 10.3. The maximum atomic E-state index is 5.63. The molecule has 11 nitrogen and oxygen atoms in total. The van der Waals surface area contributed by atoms with Crippen molar-refractivity contribution in [2.75, 3.05) is 137 Å². The summed E-state index contributed by atoms with van der Waals surface area (Å²) in [6.45, 7) is 10.2. The maximum Gasteiger partial charge on any atom is 0.119 e. The summed E-state index contributed by atoms with van der Waals surface area (Å²) >= 11 is 3.30. The second kappa shape index (κ2) is 28.9. The average molecular weight is 613 g/mol. The van der Waals surface area contributed by atoms with Crippen LogP contribution < -0.4 is 10.5 Å². The zero-order chi connectivity index (χ0) is 27.2. The fraction of sp³-hybridized carbons (Fsp3) is 0.769. The van der Waals surface area contributed by atoms with Gasteiger partial charge in [-0.1, -0.05) is 15.9 Å². The Balaban J connectivity index is 1.64. The first kappa shape index (κ1) is 35.0. The van der Waals surface area contributed by atoms with E-state index in [-0.39, 0.29) is 0 Å². The average Bonchev–Trinajstić information content (AvgIpc) is 2.93. The number of nitrogen functional groups attached to an aromatic ring is 1. The summed E-state index contributed by atoms with van der Waals surface area (Å²) in [6, 6.07) is 7.27. The predicted octanol–water partition coefficient (Wildman–Crippen LogP) is 2.19. The molecule has 0 bridgehead atoms. The molecule has 1 aromatic rings. The van der Waals surface area contributed by atoms with E-state index in [2.05, 4.69) is 15.9 Å². The maximum absolute atomic E-state index is 5.63. The van der Waals surface area contributed by atoms with Crippen LogP contribution in [0, 0.1) is 0 Å². The summed E-state index contributed by atoms with van der Waals surface area (Å²) in [5.41, 5.74) is 6.34. The fourth-order valence-corrected chi connectivity index (χ4v) is 2.93. The molecule has 0 aliphatic heterocycles. The van der Waals surface area contributed by atoms with E-state index in [0.29, 0.717) is 131 Å². The number of ether oxygens (including phenoxy) is 10. The minimum Gasteiger partial charge on any atom is -0.491 e. The number of hydrogen-bond donors (Lipinski definition) is 1.